The van der Waals surface area contributed by atoms with E-state index in [0.717, 1.165) is 24.7 Å². The molecule has 1 aromatic rings. The van der Waals surface area contributed by atoms with Gasteiger partial charge in [-0.2, -0.15) is 0 Å². The van der Waals surface area contributed by atoms with E-state index in [2.05, 4.69) is 31.3 Å². The monoisotopic (exact) mass is 281 g/mol. The van der Waals surface area contributed by atoms with Crippen molar-refractivity contribution < 1.29 is 4.74 Å². The number of halogens is 1. The third-order valence-corrected chi connectivity index (χ3v) is 4.24. The van der Waals surface area contributed by atoms with Crippen LogP contribution in [0.2, 0.25) is 5.02 Å². The van der Waals surface area contributed by atoms with Crippen molar-refractivity contribution in [3.8, 4) is 0 Å². The van der Waals surface area contributed by atoms with E-state index in [1.165, 1.54) is 18.4 Å². The molecular weight excluding hydrogens is 258 g/mol. The van der Waals surface area contributed by atoms with Gasteiger partial charge in [0, 0.05) is 23.7 Å². The van der Waals surface area contributed by atoms with Gasteiger partial charge in [0.25, 0.3) is 0 Å². The molecule has 0 bridgehead atoms. The molecule has 3 heteroatoms. The highest BCUT2D eigenvalue weighted by Crippen LogP contribution is 2.24. The number of ether oxygens (including phenoxy) is 1. The number of rotatable bonds is 6. The molecule has 1 aromatic carbocycles. The topological polar surface area (TPSA) is 21.3 Å². The van der Waals surface area contributed by atoms with E-state index in [9.17, 15) is 0 Å². The van der Waals surface area contributed by atoms with Crippen molar-refractivity contribution in [2.45, 2.75) is 45.2 Å². The van der Waals surface area contributed by atoms with Crippen molar-refractivity contribution in [2.24, 2.45) is 5.92 Å². The van der Waals surface area contributed by atoms with Crippen LogP contribution in [-0.4, -0.2) is 19.3 Å². The van der Waals surface area contributed by atoms with Crippen molar-refractivity contribution in [3.63, 3.8) is 0 Å². The molecule has 106 valence electrons. The van der Waals surface area contributed by atoms with E-state index in [1.807, 2.05) is 12.1 Å². The Bertz CT molecular complexity index is 373. The van der Waals surface area contributed by atoms with Crippen LogP contribution in [0.3, 0.4) is 0 Å². The predicted molar refractivity (Wildman–Crippen MR) is 80.6 cm³/mol. The zero-order chi connectivity index (χ0) is 13.7. The number of hydrogen-bond donors (Lipinski definition) is 1. The molecule has 0 amide bonds. The Morgan fingerprint density at radius 2 is 2.11 bits per heavy atom. The van der Waals surface area contributed by atoms with Gasteiger partial charge in [0.05, 0.1) is 6.61 Å². The fourth-order valence-electron chi connectivity index (χ4n) is 2.73. The lowest BCUT2D eigenvalue weighted by Crippen LogP contribution is -2.36. The SMILES string of the molecule is CCCC(NC(C)C1CCOC1)c1ccc(Cl)cc1. The Kier molecular flexibility index (Phi) is 5.68. The smallest absolute Gasteiger partial charge is 0.0509 e. The van der Waals surface area contributed by atoms with Gasteiger partial charge in [0.2, 0.25) is 0 Å². The Morgan fingerprint density at radius 1 is 1.37 bits per heavy atom. The maximum Gasteiger partial charge on any atom is 0.0509 e. The van der Waals surface area contributed by atoms with Gasteiger partial charge in [-0.15, -0.1) is 0 Å². The maximum atomic E-state index is 5.97. The van der Waals surface area contributed by atoms with Gasteiger partial charge < -0.3 is 10.1 Å². The molecule has 1 aliphatic rings. The number of benzene rings is 1. The first-order chi connectivity index (χ1) is 9.20. The fraction of sp³-hybridized carbons (Fsp3) is 0.625. The lowest BCUT2D eigenvalue weighted by molar-refractivity contribution is 0.176. The molecule has 1 N–H and O–H groups in total. The van der Waals surface area contributed by atoms with Crippen LogP contribution in [0.5, 0.6) is 0 Å². The van der Waals surface area contributed by atoms with Crippen molar-refractivity contribution in [3.05, 3.63) is 34.9 Å². The first-order valence-electron chi connectivity index (χ1n) is 7.30. The molecular formula is C16H24ClNO. The minimum atomic E-state index is 0.415. The molecule has 0 radical (unpaired) electrons. The molecule has 1 aliphatic heterocycles. The van der Waals surface area contributed by atoms with Crippen molar-refractivity contribution in [2.75, 3.05) is 13.2 Å². The summed E-state index contributed by atoms with van der Waals surface area (Å²) >= 11 is 5.97. The van der Waals surface area contributed by atoms with E-state index < -0.39 is 0 Å². The van der Waals surface area contributed by atoms with Crippen LogP contribution in [0, 0.1) is 5.92 Å². The predicted octanol–water partition coefficient (Wildman–Crippen LogP) is 4.20. The zero-order valence-electron chi connectivity index (χ0n) is 11.9. The fourth-order valence-corrected chi connectivity index (χ4v) is 2.86. The minimum absolute atomic E-state index is 0.415. The summed E-state index contributed by atoms with van der Waals surface area (Å²) in [6.07, 6.45) is 3.50. The minimum Gasteiger partial charge on any atom is -0.381 e. The molecule has 1 saturated heterocycles. The molecule has 3 unspecified atom stereocenters. The molecule has 19 heavy (non-hydrogen) atoms. The first kappa shape index (κ1) is 14.8. The van der Waals surface area contributed by atoms with Crippen LogP contribution in [0.15, 0.2) is 24.3 Å². The highest BCUT2D eigenvalue weighted by Gasteiger charge is 2.24. The summed E-state index contributed by atoms with van der Waals surface area (Å²) in [5, 5.41) is 4.57. The second kappa shape index (κ2) is 7.28. The van der Waals surface area contributed by atoms with Crippen LogP contribution < -0.4 is 5.32 Å². The van der Waals surface area contributed by atoms with E-state index in [1.54, 1.807) is 0 Å². The summed E-state index contributed by atoms with van der Waals surface area (Å²) in [7, 11) is 0. The second-order valence-corrected chi connectivity index (χ2v) is 5.91. The van der Waals surface area contributed by atoms with Gasteiger partial charge in [0.15, 0.2) is 0 Å². The van der Waals surface area contributed by atoms with E-state index in [-0.39, 0.29) is 0 Å². The summed E-state index contributed by atoms with van der Waals surface area (Å²) in [4.78, 5) is 0. The van der Waals surface area contributed by atoms with Gasteiger partial charge in [0.1, 0.15) is 0 Å². The molecule has 2 nitrogen and oxygen atoms in total. The average Bonchev–Trinajstić information content (AvgIpc) is 2.93. The molecule has 0 saturated carbocycles. The zero-order valence-corrected chi connectivity index (χ0v) is 12.6. The van der Waals surface area contributed by atoms with E-state index >= 15 is 0 Å². The van der Waals surface area contributed by atoms with Crippen molar-refractivity contribution in [1.82, 2.24) is 5.32 Å². The standard InChI is InChI=1S/C16H24ClNO/c1-3-4-16(13-5-7-15(17)8-6-13)18-12(2)14-9-10-19-11-14/h5-8,12,14,16,18H,3-4,9-11H2,1-2H3. The summed E-state index contributed by atoms with van der Waals surface area (Å²) in [5.41, 5.74) is 1.33. The Balaban J connectivity index is 2.00. The van der Waals surface area contributed by atoms with Crippen LogP contribution >= 0.6 is 11.6 Å². The van der Waals surface area contributed by atoms with Crippen molar-refractivity contribution in [1.29, 1.82) is 0 Å². The van der Waals surface area contributed by atoms with Crippen LogP contribution in [0.25, 0.3) is 0 Å². The molecule has 1 fully saturated rings. The maximum absolute atomic E-state index is 5.97. The summed E-state index contributed by atoms with van der Waals surface area (Å²) in [6, 6.07) is 9.13. The second-order valence-electron chi connectivity index (χ2n) is 5.47. The largest absolute Gasteiger partial charge is 0.381 e. The van der Waals surface area contributed by atoms with Crippen LogP contribution in [0.4, 0.5) is 0 Å². The highest BCUT2D eigenvalue weighted by atomic mass is 35.5. The molecule has 1 heterocycles. The Hall–Kier alpha value is -0.570. The summed E-state index contributed by atoms with van der Waals surface area (Å²) in [6.45, 7) is 6.32. The van der Waals surface area contributed by atoms with Gasteiger partial charge in [-0.3, -0.25) is 0 Å². The van der Waals surface area contributed by atoms with Gasteiger partial charge >= 0.3 is 0 Å². The van der Waals surface area contributed by atoms with Crippen molar-refractivity contribution >= 4 is 11.6 Å². The first-order valence-corrected chi connectivity index (χ1v) is 7.67. The Morgan fingerprint density at radius 3 is 2.68 bits per heavy atom. The number of hydrogen-bond acceptors (Lipinski definition) is 2. The number of nitrogens with one attached hydrogen (secondary N) is 1. The van der Waals surface area contributed by atoms with Gasteiger partial charge in [-0.1, -0.05) is 37.1 Å². The average molecular weight is 282 g/mol. The van der Waals surface area contributed by atoms with E-state index in [0.29, 0.717) is 18.0 Å². The van der Waals surface area contributed by atoms with Gasteiger partial charge in [-0.25, -0.2) is 0 Å². The molecule has 0 aromatic heterocycles. The Labute approximate surface area is 121 Å². The molecule has 3 atom stereocenters. The molecule has 2 rings (SSSR count). The van der Waals surface area contributed by atoms with E-state index in [4.69, 9.17) is 16.3 Å². The quantitative estimate of drug-likeness (QED) is 0.844. The van der Waals surface area contributed by atoms with Crippen LogP contribution in [-0.2, 0) is 4.74 Å². The summed E-state index contributed by atoms with van der Waals surface area (Å²) in [5.74, 6) is 0.645. The van der Waals surface area contributed by atoms with Gasteiger partial charge in [-0.05, 0) is 43.4 Å². The normalized spacial score (nSPS) is 22.4. The summed E-state index contributed by atoms with van der Waals surface area (Å²) < 4.78 is 5.48. The highest BCUT2D eigenvalue weighted by molar-refractivity contribution is 6.30. The lowest BCUT2D eigenvalue weighted by atomic mass is 9.96. The lowest BCUT2D eigenvalue weighted by Gasteiger charge is -2.27. The molecule has 0 spiro atoms. The third-order valence-electron chi connectivity index (χ3n) is 3.99. The third kappa shape index (κ3) is 4.20. The molecule has 0 aliphatic carbocycles. The van der Waals surface area contributed by atoms with Crippen LogP contribution in [0.1, 0.15) is 44.7 Å².